The lowest BCUT2D eigenvalue weighted by Crippen LogP contribution is -2.04. The molecule has 3 heteroatoms. The molecular weight excluding hydrogens is 392 g/mol. The molecular formula is C26H18OS2. The molecule has 0 saturated heterocycles. The zero-order chi connectivity index (χ0) is 19.2. The third-order valence-electron chi connectivity index (χ3n) is 5.52. The SMILES string of the molecule is c1ccc2c(c1)Cc1c(Oc3cccc4c3Cc3ccccc3S4)cccc1S2. The smallest absolute Gasteiger partial charge is 0.132 e. The maximum absolute atomic E-state index is 6.58. The molecule has 29 heavy (non-hydrogen) atoms. The maximum atomic E-state index is 6.58. The predicted octanol–water partition coefficient (Wildman–Crippen LogP) is 7.59. The highest BCUT2D eigenvalue weighted by atomic mass is 32.2. The lowest BCUT2D eigenvalue weighted by molar-refractivity contribution is 0.467. The molecule has 6 rings (SSSR count). The van der Waals surface area contributed by atoms with Gasteiger partial charge in [-0.05, 0) is 47.5 Å². The van der Waals surface area contributed by atoms with Crippen LogP contribution in [0.3, 0.4) is 0 Å². The van der Waals surface area contributed by atoms with E-state index in [-0.39, 0.29) is 0 Å². The Labute approximate surface area is 179 Å². The van der Waals surface area contributed by atoms with Crippen molar-refractivity contribution in [2.75, 3.05) is 0 Å². The van der Waals surface area contributed by atoms with Gasteiger partial charge < -0.3 is 4.74 Å². The van der Waals surface area contributed by atoms with E-state index >= 15 is 0 Å². The summed E-state index contributed by atoms with van der Waals surface area (Å²) >= 11 is 3.69. The van der Waals surface area contributed by atoms with Gasteiger partial charge in [0.15, 0.2) is 0 Å². The van der Waals surface area contributed by atoms with E-state index in [1.54, 1.807) is 0 Å². The average molecular weight is 411 g/mol. The van der Waals surface area contributed by atoms with Crippen LogP contribution in [0.4, 0.5) is 0 Å². The Bertz CT molecular complexity index is 1150. The van der Waals surface area contributed by atoms with E-state index in [0.717, 1.165) is 24.3 Å². The minimum atomic E-state index is 0.918. The molecule has 0 N–H and O–H groups in total. The Morgan fingerprint density at radius 2 is 0.931 bits per heavy atom. The highest BCUT2D eigenvalue weighted by Gasteiger charge is 2.22. The third-order valence-corrected chi connectivity index (χ3v) is 7.96. The molecule has 2 heterocycles. The fraction of sp³-hybridized carbons (Fsp3) is 0.0769. The number of hydrogen-bond donors (Lipinski definition) is 0. The van der Waals surface area contributed by atoms with Gasteiger partial charge in [-0.3, -0.25) is 0 Å². The lowest BCUT2D eigenvalue weighted by Gasteiger charge is -2.24. The molecule has 140 valence electrons. The summed E-state index contributed by atoms with van der Waals surface area (Å²) in [5.74, 6) is 1.95. The quantitative estimate of drug-likeness (QED) is 0.291. The predicted molar refractivity (Wildman–Crippen MR) is 120 cm³/mol. The van der Waals surface area contributed by atoms with E-state index in [9.17, 15) is 0 Å². The molecule has 0 saturated carbocycles. The summed E-state index contributed by atoms with van der Waals surface area (Å²) < 4.78 is 6.58. The van der Waals surface area contributed by atoms with Crippen LogP contribution >= 0.6 is 23.5 Å². The number of ether oxygens (including phenoxy) is 1. The molecule has 0 amide bonds. The second kappa shape index (κ2) is 7.01. The first-order valence-electron chi connectivity index (χ1n) is 9.78. The van der Waals surface area contributed by atoms with E-state index < -0.39 is 0 Å². The fourth-order valence-corrected chi connectivity index (χ4v) is 6.25. The van der Waals surface area contributed by atoms with Crippen LogP contribution in [0.1, 0.15) is 22.3 Å². The summed E-state index contributed by atoms with van der Waals surface area (Å²) in [4.78, 5) is 5.29. The van der Waals surface area contributed by atoms with Gasteiger partial charge in [0.05, 0.1) is 0 Å². The van der Waals surface area contributed by atoms with Gasteiger partial charge in [-0.15, -0.1) is 0 Å². The van der Waals surface area contributed by atoms with Gasteiger partial charge in [0.1, 0.15) is 11.5 Å². The molecule has 2 aliphatic heterocycles. The molecule has 4 aromatic carbocycles. The van der Waals surface area contributed by atoms with Crippen molar-refractivity contribution in [3.63, 3.8) is 0 Å². The normalized spacial score (nSPS) is 13.7. The Morgan fingerprint density at radius 1 is 0.483 bits per heavy atom. The van der Waals surface area contributed by atoms with Crippen molar-refractivity contribution in [1.29, 1.82) is 0 Å². The third kappa shape index (κ3) is 3.06. The van der Waals surface area contributed by atoms with E-state index in [0.29, 0.717) is 0 Å². The van der Waals surface area contributed by atoms with Crippen LogP contribution in [-0.4, -0.2) is 0 Å². The highest BCUT2D eigenvalue weighted by molar-refractivity contribution is 7.99. The molecule has 2 aliphatic rings. The van der Waals surface area contributed by atoms with Gasteiger partial charge >= 0.3 is 0 Å². The molecule has 0 bridgehead atoms. The number of fused-ring (bicyclic) bond motifs is 4. The largest absolute Gasteiger partial charge is 0.457 e. The fourth-order valence-electron chi connectivity index (χ4n) is 4.06. The average Bonchev–Trinajstić information content (AvgIpc) is 2.77. The Balaban J connectivity index is 1.38. The van der Waals surface area contributed by atoms with Crippen molar-refractivity contribution >= 4 is 23.5 Å². The van der Waals surface area contributed by atoms with Crippen LogP contribution in [0.15, 0.2) is 105 Å². The molecule has 4 aromatic rings. The molecule has 0 spiro atoms. The molecule has 0 radical (unpaired) electrons. The van der Waals surface area contributed by atoms with Gasteiger partial charge in [-0.2, -0.15) is 0 Å². The van der Waals surface area contributed by atoms with Crippen molar-refractivity contribution < 1.29 is 4.74 Å². The van der Waals surface area contributed by atoms with E-state index in [2.05, 4.69) is 84.9 Å². The Kier molecular flexibility index (Phi) is 4.17. The Morgan fingerprint density at radius 3 is 1.45 bits per heavy atom. The summed E-state index contributed by atoms with van der Waals surface area (Å²) in [5.41, 5.74) is 5.33. The van der Waals surface area contributed by atoms with Gasteiger partial charge in [0, 0.05) is 43.6 Å². The standard InChI is InChI=1S/C26H18OS2/c1-3-11-23-17(7-1)15-19-21(9-5-13-25(19)28-23)27-22-10-6-14-26-20(22)16-18-8-2-4-12-24(18)29-26/h1-14H,15-16H2. The van der Waals surface area contributed by atoms with Gasteiger partial charge in [-0.1, -0.05) is 72.1 Å². The van der Waals surface area contributed by atoms with Gasteiger partial charge in [-0.25, -0.2) is 0 Å². The van der Waals surface area contributed by atoms with E-state index in [1.165, 1.54) is 41.8 Å². The molecule has 1 nitrogen and oxygen atoms in total. The summed E-state index contributed by atoms with van der Waals surface area (Å²) in [6.45, 7) is 0. The second-order valence-corrected chi connectivity index (χ2v) is 9.51. The number of benzene rings is 4. The highest BCUT2D eigenvalue weighted by Crippen LogP contribution is 2.46. The molecule has 0 aromatic heterocycles. The van der Waals surface area contributed by atoms with Crippen LogP contribution in [0.5, 0.6) is 11.5 Å². The second-order valence-electron chi connectivity index (χ2n) is 7.34. The summed E-state index contributed by atoms with van der Waals surface area (Å²) in [6.07, 6.45) is 1.84. The topological polar surface area (TPSA) is 9.23 Å². The van der Waals surface area contributed by atoms with Crippen molar-refractivity contribution in [2.24, 2.45) is 0 Å². The zero-order valence-electron chi connectivity index (χ0n) is 15.7. The van der Waals surface area contributed by atoms with Crippen molar-refractivity contribution in [2.45, 2.75) is 32.4 Å². The lowest BCUT2D eigenvalue weighted by atomic mass is 10.0. The van der Waals surface area contributed by atoms with Gasteiger partial charge in [0.25, 0.3) is 0 Å². The molecule has 0 fully saturated rings. The summed E-state index contributed by atoms with van der Waals surface area (Å²) in [6, 6.07) is 30.2. The van der Waals surface area contributed by atoms with Crippen LogP contribution < -0.4 is 4.74 Å². The monoisotopic (exact) mass is 410 g/mol. The van der Waals surface area contributed by atoms with E-state index in [4.69, 9.17) is 4.74 Å². The van der Waals surface area contributed by atoms with Gasteiger partial charge in [0.2, 0.25) is 0 Å². The van der Waals surface area contributed by atoms with E-state index in [1.807, 2.05) is 23.5 Å². The van der Waals surface area contributed by atoms with Crippen LogP contribution in [0.25, 0.3) is 0 Å². The van der Waals surface area contributed by atoms with Crippen LogP contribution in [-0.2, 0) is 12.8 Å². The minimum Gasteiger partial charge on any atom is -0.457 e. The summed E-state index contributed by atoms with van der Waals surface area (Å²) in [7, 11) is 0. The zero-order valence-corrected chi connectivity index (χ0v) is 17.4. The first kappa shape index (κ1) is 17.3. The molecule has 0 unspecified atom stereocenters. The molecule has 0 aliphatic carbocycles. The van der Waals surface area contributed by atoms with Crippen molar-refractivity contribution in [3.8, 4) is 11.5 Å². The number of rotatable bonds is 2. The number of hydrogen-bond acceptors (Lipinski definition) is 3. The maximum Gasteiger partial charge on any atom is 0.132 e. The summed E-state index contributed by atoms with van der Waals surface area (Å²) in [5, 5.41) is 0. The molecule has 0 atom stereocenters. The first-order chi connectivity index (χ1) is 14.3. The van der Waals surface area contributed by atoms with Crippen LogP contribution in [0.2, 0.25) is 0 Å². The minimum absolute atomic E-state index is 0.918. The van der Waals surface area contributed by atoms with Crippen molar-refractivity contribution in [3.05, 3.63) is 107 Å². The first-order valence-corrected chi connectivity index (χ1v) is 11.4. The Hall–Kier alpha value is -2.62. The van der Waals surface area contributed by atoms with Crippen molar-refractivity contribution in [1.82, 2.24) is 0 Å². The van der Waals surface area contributed by atoms with Crippen LogP contribution in [0, 0.1) is 0 Å².